The lowest BCUT2D eigenvalue weighted by atomic mass is 9.95. The van der Waals surface area contributed by atoms with E-state index in [1.807, 2.05) is 0 Å². The molecule has 1 aliphatic rings. The molecular formula is C17H17F3N2O2. The number of halogens is 3. The van der Waals surface area contributed by atoms with Crippen LogP contribution >= 0.6 is 0 Å². The van der Waals surface area contributed by atoms with E-state index >= 15 is 0 Å². The molecule has 128 valence electrons. The second-order valence-corrected chi connectivity index (χ2v) is 6.08. The smallest absolute Gasteiger partial charge is 0.254 e. The number of benzene rings is 1. The van der Waals surface area contributed by atoms with Crippen molar-refractivity contribution < 1.29 is 22.4 Å². The number of alkyl halides is 2. The first-order valence-electron chi connectivity index (χ1n) is 7.71. The number of carbonyl (C=O) groups is 1. The molecule has 2 aromatic rings. The van der Waals surface area contributed by atoms with Crippen molar-refractivity contribution >= 4 is 5.91 Å². The van der Waals surface area contributed by atoms with E-state index in [1.54, 1.807) is 0 Å². The first-order chi connectivity index (χ1) is 11.3. The molecule has 0 aliphatic carbocycles. The fraction of sp³-hybridized carbons (Fsp3) is 0.412. The average Bonchev–Trinajstić information content (AvgIpc) is 2.99. The van der Waals surface area contributed by atoms with Crippen molar-refractivity contribution in [1.82, 2.24) is 9.88 Å². The molecule has 1 amide bonds. The largest absolute Gasteiger partial charge is 0.444 e. The fourth-order valence-electron chi connectivity index (χ4n) is 2.69. The molecule has 0 saturated carbocycles. The third-order valence-electron chi connectivity index (χ3n) is 4.26. The number of piperidine rings is 1. The van der Waals surface area contributed by atoms with E-state index in [4.69, 9.17) is 4.42 Å². The maximum atomic E-state index is 13.5. The number of aromatic nitrogens is 1. The van der Waals surface area contributed by atoms with Crippen LogP contribution < -0.4 is 0 Å². The van der Waals surface area contributed by atoms with Gasteiger partial charge in [-0.25, -0.2) is 18.2 Å². The van der Waals surface area contributed by atoms with Crippen LogP contribution in [0.4, 0.5) is 13.2 Å². The number of carbonyl (C=O) groups excluding carboxylic acids is 1. The molecule has 1 aromatic heterocycles. The van der Waals surface area contributed by atoms with E-state index in [2.05, 4.69) is 4.98 Å². The van der Waals surface area contributed by atoms with E-state index in [0.717, 1.165) is 0 Å². The van der Waals surface area contributed by atoms with E-state index in [9.17, 15) is 18.0 Å². The topological polar surface area (TPSA) is 46.3 Å². The minimum absolute atomic E-state index is 0.0109. The molecule has 3 rings (SSSR count). The lowest BCUT2D eigenvalue weighted by Gasteiger charge is -2.36. The zero-order valence-electron chi connectivity index (χ0n) is 13.1. The Hall–Kier alpha value is -2.31. The standard InChI is InChI=1S/C17H17F3N2O2/c1-11-9-22(7-6-17(11,19)20)15(23)8-14-10-24-16(21-14)12-2-4-13(18)5-3-12/h2-5,10-11H,6-9H2,1H3. The van der Waals surface area contributed by atoms with E-state index < -0.39 is 11.8 Å². The summed E-state index contributed by atoms with van der Waals surface area (Å²) in [5.74, 6) is -3.91. The molecule has 0 spiro atoms. The monoisotopic (exact) mass is 338 g/mol. The first kappa shape index (κ1) is 16.5. The normalized spacial score (nSPS) is 20.2. The summed E-state index contributed by atoms with van der Waals surface area (Å²) in [5, 5.41) is 0. The summed E-state index contributed by atoms with van der Waals surface area (Å²) < 4.78 is 45.2. The summed E-state index contributed by atoms with van der Waals surface area (Å²) in [7, 11) is 0. The van der Waals surface area contributed by atoms with Gasteiger partial charge in [0, 0.05) is 31.0 Å². The minimum Gasteiger partial charge on any atom is -0.444 e. The summed E-state index contributed by atoms with van der Waals surface area (Å²) >= 11 is 0. The molecule has 2 heterocycles. The summed E-state index contributed by atoms with van der Waals surface area (Å²) in [4.78, 5) is 17.9. The van der Waals surface area contributed by atoms with Gasteiger partial charge >= 0.3 is 0 Å². The van der Waals surface area contributed by atoms with E-state index in [1.165, 1.54) is 42.4 Å². The maximum Gasteiger partial charge on any atom is 0.254 e. The van der Waals surface area contributed by atoms with Crippen molar-refractivity contribution in [1.29, 1.82) is 0 Å². The van der Waals surface area contributed by atoms with Gasteiger partial charge in [-0.2, -0.15) is 0 Å². The third-order valence-corrected chi connectivity index (χ3v) is 4.26. The Morgan fingerprint density at radius 3 is 2.75 bits per heavy atom. The van der Waals surface area contributed by atoms with Crippen LogP contribution in [0.25, 0.3) is 11.5 Å². The van der Waals surface area contributed by atoms with Gasteiger partial charge < -0.3 is 9.32 Å². The Balaban J connectivity index is 1.64. The van der Waals surface area contributed by atoms with Crippen LogP contribution in [-0.4, -0.2) is 34.8 Å². The molecule has 7 heteroatoms. The van der Waals surface area contributed by atoms with Crippen LogP contribution in [0.15, 0.2) is 34.9 Å². The molecular weight excluding hydrogens is 321 g/mol. The number of hydrogen-bond donors (Lipinski definition) is 0. The van der Waals surface area contributed by atoms with E-state index in [0.29, 0.717) is 11.3 Å². The quantitative estimate of drug-likeness (QED) is 0.860. The van der Waals surface area contributed by atoms with Crippen LogP contribution in [0, 0.1) is 11.7 Å². The SMILES string of the molecule is CC1CN(C(=O)Cc2coc(-c3ccc(F)cc3)n2)CCC1(F)F. The number of hydrogen-bond acceptors (Lipinski definition) is 3. The van der Waals surface area contributed by atoms with Crippen molar-refractivity contribution in [3.05, 3.63) is 42.0 Å². The Bertz CT molecular complexity index is 728. The lowest BCUT2D eigenvalue weighted by molar-refractivity contribution is -0.143. The second kappa shape index (κ2) is 6.30. The molecule has 24 heavy (non-hydrogen) atoms. The van der Waals surface area contributed by atoms with Crippen molar-refractivity contribution in [3.8, 4) is 11.5 Å². The Labute approximate surface area is 137 Å². The molecule has 0 N–H and O–H groups in total. The Morgan fingerprint density at radius 1 is 1.38 bits per heavy atom. The van der Waals surface area contributed by atoms with Gasteiger partial charge in [-0.05, 0) is 24.3 Å². The minimum atomic E-state index is -2.72. The Kier molecular flexibility index (Phi) is 4.34. The molecule has 1 fully saturated rings. The van der Waals surface area contributed by atoms with Crippen LogP contribution in [0.5, 0.6) is 0 Å². The zero-order valence-corrected chi connectivity index (χ0v) is 13.1. The first-order valence-corrected chi connectivity index (χ1v) is 7.71. The molecule has 1 aromatic carbocycles. The summed E-state index contributed by atoms with van der Waals surface area (Å²) in [6.07, 6.45) is 1.03. The van der Waals surface area contributed by atoms with Crippen molar-refractivity contribution in [2.24, 2.45) is 5.92 Å². The van der Waals surface area contributed by atoms with Crippen LogP contribution in [0.1, 0.15) is 19.0 Å². The van der Waals surface area contributed by atoms with Gasteiger partial charge in [0.25, 0.3) is 5.92 Å². The highest BCUT2D eigenvalue weighted by molar-refractivity contribution is 5.78. The van der Waals surface area contributed by atoms with Crippen LogP contribution in [0.2, 0.25) is 0 Å². The number of likely N-dealkylation sites (tertiary alicyclic amines) is 1. The van der Waals surface area contributed by atoms with Crippen LogP contribution in [-0.2, 0) is 11.2 Å². The van der Waals surface area contributed by atoms with Gasteiger partial charge in [0.2, 0.25) is 11.8 Å². The Morgan fingerprint density at radius 2 is 2.08 bits per heavy atom. The number of oxazole rings is 1. The van der Waals surface area contributed by atoms with Crippen LogP contribution in [0.3, 0.4) is 0 Å². The number of nitrogens with zero attached hydrogens (tertiary/aromatic N) is 2. The summed E-state index contributed by atoms with van der Waals surface area (Å²) in [6, 6.07) is 5.64. The van der Waals surface area contributed by atoms with Gasteiger partial charge in [0.05, 0.1) is 12.1 Å². The second-order valence-electron chi connectivity index (χ2n) is 6.08. The molecule has 0 radical (unpaired) electrons. The highest BCUT2D eigenvalue weighted by atomic mass is 19.3. The molecule has 1 aliphatic heterocycles. The number of rotatable bonds is 3. The molecule has 4 nitrogen and oxygen atoms in total. The lowest BCUT2D eigenvalue weighted by Crippen LogP contribution is -2.48. The highest BCUT2D eigenvalue weighted by Gasteiger charge is 2.42. The maximum absolute atomic E-state index is 13.5. The van der Waals surface area contributed by atoms with Crippen molar-refractivity contribution in [3.63, 3.8) is 0 Å². The summed E-state index contributed by atoms with van der Waals surface area (Å²) in [5.41, 5.74) is 1.02. The zero-order chi connectivity index (χ0) is 17.3. The fourth-order valence-corrected chi connectivity index (χ4v) is 2.69. The molecule has 1 atom stereocenters. The van der Waals surface area contributed by atoms with E-state index in [-0.39, 0.29) is 43.5 Å². The third kappa shape index (κ3) is 3.44. The molecule has 0 bridgehead atoms. The number of amides is 1. The van der Waals surface area contributed by atoms with Gasteiger partial charge in [-0.15, -0.1) is 0 Å². The van der Waals surface area contributed by atoms with Gasteiger partial charge in [0.15, 0.2) is 0 Å². The van der Waals surface area contributed by atoms with Gasteiger partial charge in [0.1, 0.15) is 12.1 Å². The molecule has 1 saturated heterocycles. The average molecular weight is 338 g/mol. The van der Waals surface area contributed by atoms with Gasteiger partial charge in [-0.3, -0.25) is 4.79 Å². The predicted molar refractivity (Wildman–Crippen MR) is 80.9 cm³/mol. The summed E-state index contributed by atoms with van der Waals surface area (Å²) in [6.45, 7) is 1.52. The van der Waals surface area contributed by atoms with Crippen molar-refractivity contribution in [2.75, 3.05) is 13.1 Å². The predicted octanol–water partition coefficient (Wildman–Crippen LogP) is 3.53. The molecule has 1 unspecified atom stereocenters. The van der Waals surface area contributed by atoms with Crippen molar-refractivity contribution in [2.45, 2.75) is 25.7 Å². The van der Waals surface area contributed by atoms with Gasteiger partial charge in [-0.1, -0.05) is 6.92 Å². The highest BCUT2D eigenvalue weighted by Crippen LogP contribution is 2.33.